The molecule has 0 aromatic carbocycles. The van der Waals surface area contributed by atoms with Gasteiger partial charge in [-0.15, -0.1) is 4.72 Å². The van der Waals surface area contributed by atoms with Crippen LogP contribution in [0.1, 0.15) is 54.9 Å². The average molecular weight is 404 g/mol. The van der Waals surface area contributed by atoms with Gasteiger partial charge in [-0.3, -0.25) is 0 Å². The molecule has 156 valence electrons. The number of amides is 1. The SMILES string of the molecule is C[C@@H](NC(=O)OC(C)(C)C)[C@H](CN)CC(N[S@+]([O-])C(C)(C)C)C(F)(F)F. The molecule has 0 aromatic heterocycles. The van der Waals surface area contributed by atoms with Crippen molar-refractivity contribution in [1.29, 1.82) is 0 Å². The van der Waals surface area contributed by atoms with Crippen molar-refractivity contribution in [3.63, 3.8) is 0 Å². The number of alkyl halides is 3. The van der Waals surface area contributed by atoms with Gasteiger partial charge >= 0.3 is 12.3 Å². The predicted molar refractivity (Wildman–Crippen MR) is 96.9 cm³/mol. The summed E-state index contributed by atoms with van der Waals surface area (Å²) in [7, 11) is 0. The summed E-state index contributed by atoms with van der Waals surface area (Å²) in [6.07, 6.45) is -5.74. The number of nitrogens with one attached hydrogen (secondary N) is 2. The van der Waals surface area contributed by atoms with E-state index in [1.165, 1.54) is 0 Å². The Morgan fingerprint density at radius 1 is 1.19 bits per heavy atom. The summed E-state index contributed by atoms with van der Waals surface area (Å²) in [6.45, 7) is 11.3. The second-order valence-electron chi connectivity index (χ2n) is 8.26. The van der Waals surface area contributed by atoms with Crippen LogP contribution in [0.2, 0.25) is 0 Å². The molecule has 0 saturated carbocycles. The highest BCUT2D eigenvalue weighted by Crippen LogP contribution is 2.28. The molecule has 1 unspecified atom stereocenters. The lowest BCUT2D eigenvalue weighted by atomic mass is 9.93. The molecule has 0 aliphatic heterocycles. The lowest BCUT2D eigenvalue weighted by Crippen LogP contribution is -2.53. The van der Waals surface area contributed by atoms with Crippen LogP contribution < -0.4 is 15.8 Å². The summed E-state index contributed by atoms with van der Waals surface area (Å²) in [6, 6.07) is -2.65. The third-order valence-electron chi connectivity index (χ3n) is 3.49. The van der Waals surface area contributed by atoms with Crippen LogP contribution in [0.4, 0.5) is 18.0 Å². The number of alkyl carbamates (subject to hydrolysis) is 1. The van der Waals surface area contributed by atoms with Gasteiger partial charge in [0.15, 0.2) is 0 Å². The number of nitrogens with two attached hydrogens (primary N) is 1. The third-order valence-corrected chi connectivity index (χ3v) is 5.10. The van der Waals surface area contributed by atoms with Gasteiger partial charge in [0, 0.05) is 17.4 Å². The van der Waals surface area contributed by atoms with E-state index < -0.39 is 58.4 Å². The highest BCUT2D eigenvalue weighted by atomic mass is 32.2. The highest BCUT2D eigenvalue weighted by molar-refractivity contribution is 7.90. The van der Waals surface area contributed by atoms with Gasteiger partial charge in [-0.25, -0.2) is 4.79 Å². The molecule has 0 fully saturated rings. The van der Waals surface area contributed by atoms with E-state index in [0.717, 1.165) is 0 Å². The third kappa shape index (κ3) is 9.84. The fourth-order valence-corrected chi connectivity index (χ4v) is 2.81. The maximum atomic E-state index is 13.4. The Labute approximate surface area is 157 Å². The molecule has 0 spiro atoms. The van der Waals surface area contributed by atoms with Crippen LogP contribution in [0.5, 0.6) is 0 Å². The molecule has 0 radical (unpaired) electrons. The first-order chi connectivity index (χ1) is 11.5. The minimum Gasteiger partial charge on any atom is -0.598 e. The minimum absolute atomic E-state index is 0.0760. The van der Waals surface area contributed by atoms with Crippen molar-refractivity contribution >= 4 is 17.5 Å². The van der Waals surface area contributed by atoms with E-state index in [2.05, 4.69) is 10.0 Å². The van der Waals surface area contributed by atoms with Crippen LogP contribution in [0.3, 0.4) is 0 Å². The molecule has 4 atom stereocenters. The van der Waals surface area contributed by atoms with E-state index in [1.54, 1.807) is 48.5 Å². The van der Waals surface area contributed by atoms with E-state index in [0.29, 0.717) is 0 Å². The van der Waals surface area contributed by atoms with Gasteiger partial charge in [0.05, 0.1) is 0 Å². The average Bonchev–Trinajstić information content (AvgIpc) is 2.37. The smallest absolute Gasteiger partial charge is 0.408 e. The highest BCUT2D eigenvalue weighted by Gasteiger charge is 2.46. The van der Waals surface area contributed by atoms with Crippen molar-refractivity contribution in [3.8, 4) is 0 Å². The Morgan fingerprint density at radius 2 is 1.69 bits per heavy atom. The van der Waals surface area contributed by atoms with Gasteiger partial charge in [-0.1, -0.05) is 0 Å². The van der Waals surface area contributed by atoms with Crippen LogP contribution in [-0.4, -0.2) is 45.8 Å². The van der Waals surface area contributed by atoms with Gasteiger partial charge in [0.2, 0.25) is 0 Å². The van der Waals surface area contributed by atoms with Gasteiger partial charge < -0.3 is 20.3 Å². The van der Waals surface area contributed by atoms with Crippen molar-refractivity contribution in [2.45, 2.75) is 83.5 Å². The normalized spacial score (nSPS) is 18.0. The Morgan fingerprint density at radius 3 is 2.04 bits per heavy atom. The van der Waals surface area contributed by atoms with Crippen LogP contribution in [0, 0.1) is 5.92 Å². The largest absolute Gasteiger partial charge is 0.598 e. The zero-order valence-electron chi connectivity index (χ0n) is 16.5. The molecule has 4 N–H and O–H groups in total. The van der Waals surface area contributed by atoms with Crippen molar-refractivity contribution < 1.29 is 27.3 Å². The van der Waals surface area contributed by atoms with Gasteiger partial charge in [0.1, 0.15) is 16.4 Å². The molecule has 0 rings (SSSR count). The lowest BCUT2D eigenvalue weighted by Gasteiger charge is -2.32. The number of hydrogen-bond donors (Lipinski definition) is 3. The van der Waals surface area contributed by atoms with E-state index in [-0.39, 0.29) is 6.54 Å². The zero-order valence-corrected chi connectivity index (χ0v) is 17.3. The summed E-state index contributed by atoms with van der Waals surface area (Å²) in [5, 5.41) is 2.52. The summed E-state index contributed by atoms with van der Waals surface area (Å²) in [5.74, 6) is -0.682. The standard InChI is InChI=1S/C16H32F3N3O3S/c1-10(21-13(23)25-14(2,3)4)11(9-20)8-12(16(17,18)19)22-26(24)15(5,6)7/h10-12,22H,8-9,20H2,1-7H3,(H,21,23)/t10-,11+,12?,26-/m1/s1. The minimum atomic E-state index is -4.60. The number of rotatable bonds is 7. The van der Waals surface area contributed by atoms with Crippen LogP contribution in [0.15, 0.2) is 0 Å². The summed E-state index contributed by atoms with van der Waals surface area (Å²) < 4.78 is 58.6. The maximum absolute atomic E-state index is 13.4. The van der Waals surface area contributed by atoms with Crippen molar-refractivity contribution in [2.24, 2.45) is 11.7 Å². The molecule has 6 nitrogen and oxygen atoms in total. The molecule has 1 amide bonds. The summed E-state index contributed by atoms with van der Waals surface area (Å²) in [4.78, 5) is 11.8. The Balaban J connectivity index is 5.06. The fraction of sp³-hybridized carbons (Fsp3) is 0.938. The summed E-state index contributed by atoms with van der Waals surface area (Å²) >= 11 is -1.89. The molecule has 0 aliphatic carbocycles. The summed E-state index contributed by atoms with van der Waals surface area (Å²) in [5.41, 5.74) is 4.90. The van der Waals surface area contributed by atoms with Crippen molar-refractivity contribution in [2.75, 3.05) is 6.54 Å². The van der Waals surface area contributed by atoms with E-state index in [1.807, 2.05) is 0 Å². The second-order valence-corrected chi connectivity index (χ2v) is 10.3. The molecule has 10 heteroatoms. The molecule has 0 heterocycles. The molecule has 0 aliphatic rings. The van der Waals surface area contributed by atoms with Crippen LogP contribution in [-0.2, 0) is 16.1 Å². The van der Waals surface area contributed by atoms with E-state index >= 15 is 0 Å². The van der Waals surface area contributed by atoms with Gasteiger partial charge in [-0.05, 0) is 67.3 Å². The van der Waals surface area contributed by atoms with Crippen molar-refractivity contribution in [3.05, 3.63) is 0 Å². The second kappa shape index (κ2) is 9.48. The monoisotopic (exact) mass is 403 g/mol. The Kier molecular flexibility index (Phi) is 9.22. The number of hydrogen-bond acceptors (Lipinski definition) is 5. The first-order valence-corrected chi connectivity index (χ1v) is 9.56. The Bertz CT molecular complexity index is 451. The zero-order chi connectivity index (χ0) is 20.9. The van der Waals surface area contributed by atoms with Gasteiger partial charge in [0.25, 0.3) is 0 Å². The molecule has 0 aromatic rings. The number of carbonyl (C=O) groups excluding carboxylic acids is 1. The molecular formula is C16H32F3N3O3S. The molecule has 26 heavy (non-hydrogen) atoms. The fourth-order valence-electron chi connectivity index (χ4n) is 1.97. The lowest BCUT2D eigenvalue weighted by molar-refractivity contribution is -0.155. The van der Waals surface area contributed by atoms with Crippen LogP contribution >= 0.6 is 0 Å². The molecular weight excluding hydrogens is 371 g/mol. The van der Waals surface area contributed by atoms with Crippen molar-refractivity contribution in [1.82, 2.24) is 10.0 Å². The van der Waals surface area contributed by atoms with E-state index in [9.17, 15) is 22.5 Å². The predicted octanol–water partition coefficient (Wildman–Crippen LogP) is 2.85. The number of halogens is 3. The van der Waals surface area contributed by atoms with Crippen LogP contribution in [0.25, 0.3) is 0 Å². The maximum Gasteiger partial charge on any atom is 0.408 e. The number of carbonyl (C=O) groups is 1. The number of ether oxygens (including phenoxy) is 1. The molecule has 0 saturated heterocycles. The molecule has 0 bridgehead atoms. The first kappa shape index (κ1) is 25.3. The van der Waals surface area contributed by atoms with E-state index in [4.69, 9.17) is 10.5 Å². The van der Waals surface area contributed by atoms with Gasteiger partial charge in [-0.2, -0.15) is 13.2 Å². The quantitative estimate of drug-likeness (QED) is 0.568. The Hall–Kier alpha value is -0.710. The topological polar surface area (TPSA) is 99.4 Å². The first-order valence-electron chi connectivity index (χ1n) is 8.41.